The predicted molar refractivity (Wildman–Crippen MR) is 81.5 cm³/mol. The van der Waals surface area contributed by atoms with Crippen molar-refractivity contribution in [2.45, 2.75) is 32.9 Å². The van der Waals surface area contributed by atoms with Crippen molar-refractivity contribution in [3.05, 3.63) is 29.6 Å². The summed E-state index contributed by atoms with van der Waals surface area (Å²) in [6.45, 7) is 7.24. The molecule has 3 rings (SSSR count). The Balaban J connectivity index is 1.67. The number of aromatic nitrogens is 1. The largest absolute Gasteiger partial charge is 0.438 e. The number of nitrogens with two attached hydrogens (primary N) is 1. The maximum absolute atomic E-state index is 6.17. The minimum absolute atomic E-state index is 0.154. The SMILES string of the molecule is CC1(C)CN(Cc2ncc(-c3cccs3)o2)CCC1N. The molecule has 0 aliphatic carbocycles. The number of rotatable bonds is 3. The first kappa shape index (κ1) is 13.8. The van der Waals surface area contributed by atoms with Crippen molar-refractivity contribution in [2.75, 3.05) is 13.1 Å². The van der Waals surface area contributed by atoms with Gasteiger partial charge in [0.1, 0.15) is 0 Å². The summed E-state index contributed by atoms with van der Waals surface area (Å²) in [5.41, 5.74) is 6.33. The first-order valence-corrected chi connectivity index (χ1v) is 7.89. The maximum Gasteiger partial charge on any atom is 0.209 e. The third-order valence-corrected chi connectivity index (χ3v) is 4.95. The van der Waals surface area contributed by atoms with E-state index in [9.17, 15) is 0 Å². The number of piperidine rings is 1. The van der Waals surface area contributed by atoms with Crippen molar-refractivity contribution >= 4 is 11.3 Å². The van der Waals surface area contributed by atoms with Crippen molar-refractivity contribution < 1.29 is 4.42 Å². The molecule has 1 saturated heterocycles. The molecule has 2 N–H and O–H groups in total. The molecule has 3 heterocycles. The fourth-order valence-corrected chi connectivity index (χ4v) is 3.40. The zero-order chi connectivity index (χ0) is 14.2. The van der Waals surface area contributed by atoms with Gasteiger partial charge in [0.15, 0.2) is 5.76 Å². The van der Waals surface area contributed by atoms with Crippen LogP contribution >= 0.6 is 11.3 Å². The van der Waals surface area contributed by atoms with Gasteiger partial charge in [-0.05, 0) is 23.3 Å². The second-order valence-electron chi connectivity index (χ2n) is 6.19. The Labute approximate surface area is 123 Å². The number of hydrogen-bond donors (Lipinski definition) is 1. The summed E-state index contributed by atoms with van der Waals surface area (Å²) in [5, 5.41) is 2.05. The molecule has 1 aliphatic rings. The van der Waals surface area contributed by atoms with E-state index in [-0.39, 0.29) is 11.5 Å². The average Bonchev–Trinajstić information content (AvgIpc) is 3.03. The van der Waals surface area contributed by atoms with E-state index in [0.29, 0.717) is 0 Å². The second-order valence-corrected chi connectivity index (χ2v) is 7.14. The zero-order valence-electron chi connectivity index (χ0n) is 12.0. The van der Waals surface area contributed by atoms with Crippen molar-refractivity contribution in [2.24, 2.45) is 11.1 Å². The highest BCUT2D eigenvalue weighted by Crippen LogP contribution is 2.29. The van der Waals surface area contributed by atoms with Crippen LogP contribution in [0.15, 0.2) is 28.1 Å². The third-order valence-electron chi connectivity index (χ3n) is 4.07. The van der Waals surface area contributed by atoms with Crippen molar-refractivity contribution in [1.82, 2.24) is 9.88 Å². The Kier molecular flexibility index (Phi) is 3.67. The highest BCUT2D eigenvalue weighted by molar-refractivity contribution is 7.13. The van der Waals surface area contributed by atoms with Gasteiger partial charge in [-0.15, -0.1) is 11.3 Å². The van der Waals surface area contributed by atoms with Gasteiger partial charge in [-0.3, -0.25) is 4.90 Å². The molecule has 108 valence electrons. The van der Waals surface area contributed by atoms with E-state index in [1.807, 2.05) is 17.6 Å². The molecule has 5 heteroatoms. The van der Waals surface area contributed by atoms with Crippen LogP contribution in [0, 0.1) is 5.41 Å². The fourth-order valence-electron chi connectivity index (χ4n) is 2.73. The molecule has 2 aromatic rings. The molecule has 1 fully saturated rings. The lowest BCUT2D eigenvalue weighted by Gasteiger charge is -2.42. The molecule has 0 aromatic carbocycles. The standard InChI is InChI=1S/C15H21N3OS/c1-15(2)10-18(6-5-13(15)16)9-14-17-8-11(19-14)12-4-3-7-20-12/h3-4,7-8,13H,5-6,9-10,16H2,1-2H3. The monoisotopic (exact) mass is 291 g/mol. The van der Waals surface area contributed by atoms with Crippen LogP contribution in [-0.2, 0) is 6.54 Å². The van der Waals surface area contributed by atoms with Gasteiger partial charge in [0.05, 0.1) is 17.6 Å². The number of nitrogens with zero attached hydrogens (tertiary/aromatic N) is 2. The van der Waals surface area contributed by atoms with Crippen LogP contribution in [0.1, 0.15) is 26.2 Å². The second kappa shape index (κ2) is 5.31. The van der Waals surface area contributed by atoms with Crippen LogP contribution in [-0.4, -0.2) is 29.0 Å². The molecule has 1 aliphatic heterocycles. The van der Waals surface area contributed by atoms with Crippen LogP contribution in [0.2, 0.25) is 0 Å². The molecular formula is C15H21N3OS. The smallest absolute Gasteiger partial charge is 0.209 e. The van der Waals surface area contributed by atoms with Crippen LogP contribution in [0.3, 0.4) is 0 Å². The summed E-state index contributed by atoms with van der Waals surface area (Å²) in [7, 11) is 0. The van der Waals surface area contributed by atoms with Gasteiger partial charge in [-0.2, -0.15) is 0 Å². The van der Waals surface area contributed by atoms with Gasteiger partial charge in [-0.1, -0.05) is 19.9 Å². The summed E-state index contributed by atoms with van der Waals surface area (Å²) in [4.78, 5) is 7.91. The Morgan fingerprint density at radius 2 is 2.40 bits per heavy atom. The van der Waals surface area contributed by atoms with Gasteiger partial charge in [-0.25, -0.2) is 4.98 Å². The van der Waals surface area contributed by atoms with E-state index in [0.717, 1.165) is 42.6 Å². The molecule has 20 heavy (non-hydrogen) atoms. The first-order chi connectivity index (χ1) is 9.54. The molecule has 0 saturated carbocycles. The Morgan fingerprint density at radius 1 is 1.55 bits per heavy atom. The highest BCUT2D eigenvalue weighted by Gasteiger charge is 2.33. The summed E-state index contributed by atoms with van der Waals surface area (Å²) in [6, 6.07) is 4.36. The lowest BCUT2D eigenvalue weighted by Crippen LogP contribution is -2.52. The van der Waals surface area contributed by atoms with Gasteiger partial charge in [0.2, 0.25) is 5.89 Å². The average molecular weight is 291 g/mol. The summed E-state index contributed by atoms with van der Waals surface area (Å²) >= 11 is 1.67. The molecule has 0 spiro atoms. The third kappa shape index (κ3) is 2.80. The molecule has 4 nitrogen and oxygen atoms in total. The van der Waals surface area contributed by atoms with Gasteiger partial charge < -0.3 is 10.2 Å². The van der Waals surface area contributed by atoms with Gasteiger partial charge >= 0.3 is 0 Å². The van der Waals surface area contributed by atoms with Crippen molar-refractivity contribution in [3.63, 3.8) is 0 Å². The highest BCUT2D eigenvalue weighted by atomic mass is 32.1. The molecule has 1 unspecified atom stereocenters. The molecule has 1 atom stereocenters. The fraction of sp³-hybridized carbons (Fsp3) is 0.533. The lowest BCUT2D eigenvalue weighted by molar-refractivity contribution is 0.0832. The minimum Gasteiger partial charge on any atom is -0.438 e. The number of likely N-dealkylation sites (tertiary alicyclic amines) is 1. The van der Waals surface area contributed by atoms with E-state index >= 15 is 0 Å². The Hall–Kier alpha value is -1.17. The maximum atomic E-state index is 6.17. The van der Waals surface area contributed by atoms with Crippen molar-refractivity contribution in [1.29, 1.82) is 0 Å². The zero-order valence-corrected chi connectivity index (χ0v) is 12.8. The molecular weight excluding hydrogens is 270 g/mol. The van der Waals surface area contributed by atoms with E-state index in [1.54, 1.807) is 11.3 Å². The van der Waals surface area contributed by atoms with Crippen LogP contribution in [0.5, 0.6) is 0 Å². The number of oxazole rings is 1. The summed E-state index contributed by atoms with van der Waals surface area (Å²) in [6.07, 6.45) is 2.85. The predicted octanol–water partition coefficient (Wildman–Crippen LogP) is 2.96. The minimum atomic E-state index is 0.154. The topological polar surface area (TPSA) is 55.3 Å². The van der Waals surface area contributed by atoms with E-state index in [2.05, 4.69) is 29.8 Å². The molecule has 2 aromatic heterocycles. The molecule has 0 bridgehead atoms. The summed E-state index contributed by atoms with van der Waals surface area (Å²) in [5.74, 6) is 1.66. The quantitative estimate of drug-likeness (QED) is 0.944. The van der Waals surface area contributed by atoms with Crippen molar-refractivity contribution in [3.8, 4) is 10.6 Å². The normalized spacial score (nSPS) is 23.1. The first-order valence-electron chi connectivity index (χ1n) is 7.01. The van der Waals surface area contributed by atoms with Crippen LogP contribution in [0.4, 0.5) is 0 Å². The summed E-state index contributed by atoms with van der Waals surface area (Å²) < 4.78 is 5.85. The van der Waals surface area contributed by atoms with E-state index < -0.39 is 0 Å². The van der Waals surface area contributed by atoms with Crippen LogP contribution in [0.25, 0.3) is 10.6 Å². The number of hydrogen-bond acceptors (Lipinski definition) is 5. The van der Waals surface area contributed by atoms with Gasteiger partial charge in [0.25, 0.3) is 0 Å². The van der Waals surface area contributed by atoms with Gasteiger partial charge in [0, 0.05) is 19.1 Å². The lowest BCUT2D eigenvalue weighted by atomic mass is 9.80. The van der Waals surface area contributed by atoms with E-state index in [4.69, 9.17) is 10.2 Å². The number of thiophene rings is 1. The Morgan fingerprint density at radius 3 is 3.10 bits per heavy atom. The molecule has 0 amide bonds. The Bertz CT molecular complexity index is 561. The molecule has 0 radical (unpaired) electrons. The van der Waals surface area contributed by atoms with E-state index in [1.165, 1.54) is 0 Å². The van der Waals surface area contributed by atoms with Crippen LogP contribution < -0.4 is 5.73 Å².